The van der Waals surface area contributed by atoms with Gasteiger partial charge >= 0.3 is 0 Å². The molecule has 40 heavy (non-hydrogen) atoms. The molecule has 5 heteroatoms. The van der Waals surface area contributed by atoms with E-state index in [1.807, 2.05) is 45.2 Å². The molecule has 3 nitrogen and oxygen atoms in total. The number of hydrogen-bond donors (Lipinski definition) is 1. The van der Waals surface area contributed by atoms with Crippen LogP contribution in [-0.2, 0) is 24.9 Å². The maximum Gasteiger partial charge on any atom is 0.162 e. The molecular weight excluding hydrogens is 691 g/mol. The first-order chi connectivity index (χ1) is 18.7. The van der Waals surface area contributed by atoms with Gasteiger partial charge in [0.05, 0.1) is 5.76 Å². The minimum Gasteiger partial charge on any atom is -0.512 e. The number of pyridine rings is 1. The molecule has 0 aliphatic rings. The third-order valence-electron chi connectivity index (χ3n) is 7.86. The van der Waals surface area contributed by atoms with Crippen molar-refractivity contribution in [3.63, 3.8) is 0 Å². The van der Waals surface area contributed by atoms with Crippen molar-refractivity contribution < 1.29 is 30.0 Å². The van der Waals surface area contributed by atoms with E-state index in [-0.39, 0.29) is 43.5 Å². The van der Waals surface area contributed by atoms with E-state index in [0.29, 0.717) is 5.92 Å². The van der Waals surface area contributed by atoms with Crippen LogP contribution in [0.2, 0.25) is 0 Å². The molecule has 2 heterocycles. The van der Waals surface area contributed by atoms with Crippen LogP contribution in [0.5, 0.6) is 0 Å². The Morgan fingerprint density at radius 3 is 2.20 bits per heavy atom. The van der Waals surface area contributed by atoms with Crippen molar-refractivity contribution >= 4 is 38.0 Å². The molecule has 0 aliphatic heterocycles. The van der Waals surface area contributed by atoms with Gasteiger partial charge in [-0.1, -0.05) is 70.7 Å². The summed E-state index contributed by atoms with van der Waals surface area (Å²) in [7, 11) is 0. The molecule has 2 aromatic heterocycles. The Bertz CT molecular complexity index is 1440. The van der Waals surface area contributed by atoms with Crippen LogP contribution in [-0.4, -0.2) is 15.9 Å². The van der Waals surface area contributed by atoms with Crippen molar-refractivity contribution in [3.8, 4) is 11.3 Å². The smallest absolute Gasteiger partial charge is 0.162 e. The second-order valence-corrected chi connectivity index (χ2v) is 11.9. The van der Waals surface area contributed by atoms with Crippen LogP contribution >= 0.6 is 11.3 Å². The van der Waals surface area contributed by atoms with E-state index >= 15 is 0 Å². The largest absolute Gasteiger partial charge is 0.512 e. The van der Waals surface area contributed by atoms with Crippen LogP contribution in [0.4, 0.5) is 0 Å². The fourth-order valence-electron chi connectivity index (χ4n) is 5.10. The summed E-state index contributed by atoms with van der Waals surface area (Å²) in [6.45, 7) is 17.0. The van der Waals surface area contributed by atoms with Crippen molar-refractivity contribution in [2.75, 3.05) is 0 Å². The third kappa shape index (κ3) is 7.69. The molecule has 0 bridgehead atoms. The molecule has 0 spiro atoms. The van der Waals surface area contributed by atoms with Crippen LogP contribution < -0.4 is 0 Å². The van der Waals surface area contributed by atoms with Gasteiger partial charge in [-0.05, 0) is 62.5 Å². The number of aliphatic hydroxyl groups is 1. The molecule has 4 aromatic rings. The van der Waals surface area contributed by atoms with Gasteiger partial charge in [-0.25, -0.2) is 0 Å². The molecule has 217 valence electrons. The average Bonchev–Trinajstić information content (AvgIpc) is 3.22. The Hall–Kier alpha value is -2.33. The Labute approximate surface area is 258 Å². The van der Waals surface area contributed by atoms with Gasteiger partial charge in [0.25, 0.3) is 0 Å². The Morgan fingerprint density at radius 1 is 0.975 bits per heavy atom. The quantitative estimate of drug-likeness (QED) is 0.106. The molecule has 4 rings (SSSR count). The summed E-state index contributed by atoms with van der Waals surface area (Å²) in [6.07, 6.45) is 6.83. The van der Waals surface area contributed by atoms with E-state index in [0.717, 1.165) is 36.9 Å². The standard InChI is InChI=1S/C22H20NS.C13H24O2.Ir/c1-13(2)20-12-17(11-16-7-5-6-8-19(16)20)21-22-18(9-10-23-21)14(3)15(4)24-22;1-5-10(6-2)12(14)9-13(15)11(7-3)8-4;/h5-10,12-13H,1-4H3;9-11,14H,5-8H2,1-4H3;/q-1;;/b;12-9-;. The number of ketones is 1. The summed E-state index contributed by atoms with van der Waals surface area (Å²) in [5.41, 5.74) is 4.89. The van der Waals surface area contributed by atoms with Crippen LogP contribution in [0.3, 0.4) is 0 Å². The summed E-state index contributed by atoms with van der Waals surface area (Å²) in [5, 5.41) is 13.5. The zero-order chi connectivity index (χ0) is 28.7. The Kier molecular flexibility index (Phi) is 13.2. The van der Waals surface area contributed by atoms with Gasteiger partial charge in [0.15, 0.2) is 5.78 Å². The van der Waals surface area contributed by atoms with E-state index in [1.54, 1.807) is 0 Å². The van der Waals surface area contributed by atoms with Gasteiger partial charge < -0.3 is 5.11 Å². The normalized spacial score (nSPS) is 11.7. The molecular formula is C35H44IrNO2S-. The van der Waals surface area contributed by atoms with Gasteiger partial charge in [-0.15, -0.1) is 40.5 Å². The summed E-state index contributed by atoms with van der Waals surface area (Å²) in [6, 6.07) is 16.5. The average molecular weight is 735 g/mol. The van der Waals surface area contributed by atoms with Gasteiger partial charge in [-0.3, -0.25) is 9.78 Å². The number of benzene rings is 2. The monoisotopic (exact) mass is 735 g/mol. The van der Waals surface area contributed by atoms with E-state index in [4.69, 9.17) is 4.98 Å². The number of aryl methyl sites for hydroxylation is 2. The Balaban J connectivity index is 0.000000307. The van der Waals surface area contributed by atoms with Crippen molar-refractivity contribution in [3.05, 3.63) is 76.5 Å². The number of aliphatic hydroxyl groups excluding tert-OH is 1. The summed E-state index contributed by atoms with van der Waals surface area (Å²) in [4.78, 5) is 17.8. The Morgan fingerprint density at radius 2 is 1.60 bits per heavy atom. The van der Waals surface area contributed by atoms with E-state index in [1.165, 1.54) is 42.9 Å². The van der Waals surface area contributed by atoms with Crippen molar-refractivity contribution in [2.24, 2.45) is 11.8 Å². The number of nitrogens with zero attached hydrogens (tertiary/aromatic N) is 1. The van der Waals surface area contributed by atoms with Gasteiger partial charge in [0, 0.05) is 59.5 Å². The van der Waals surface area contributed by atoms with Crippen LogP contribution in [0.1, 0.15) is 89.1 Å². The SMILES string of the molecule is CCC(CC)C(=O)/C=C(\O)C(CC)CC.Cc1sc2c(-c3[c-]c4ccccc4c(C(C)C)c3)nccc2c1C.[Ir]. The number of rotatable bonds is 9. The van der Waals surface area contributed by atoms with Crippen LogP contribution in [0.25, 0.3) is 32.1 Å². The molecule has 2 aromatic carbocycles. The topological polar surface area (TPSA) is 50.2 Å². The van der Waals surface area contributed by atoms with Gasteiger partial charge in [0.1, 0.15) is 0 Å². The number of aromatic nitrogens is 1. The summed E-state index contributed by atoms with van der Waals surface area (Å²) >= 11 is 1.84. The van der Waals surface area contributed by atoms with E-state index in [9.17, 15) is 9.90 Å². The van der Waals surface area contributed by atoms with Crippen molar-refractivity contribution in [1.82, 2.24) is 4.98 Å². The maximum atomic E-state index is 11.7. The first kappa shape index (κ1) is 33.9. The fraction of sp³-hybridized carbons (Fsp3) is 0.429. The fourth-order valence-corrected chi connectivity index (χ4v) is 6.26. The number of allylic oxidation sites excluding steroid dienone is 2. The van der Waals surface area contributed by atoms with Crippen molar-refractivity contribution in [2.45, 2.75) is 87.0 Å². The first-order valence-corrected chi connectivity index (χ1v) is 15.2. The van der Waals surface area contributed by atoms with Gasteiger partial charge in [-0.2, -0.15) is 0 Å². The second kappa shape index (κ2) is 15.6. The zero-order valence-electron chi connectivity index (χ0n) is 25.2. The van der Waals surface area contributed by atoms with E-state index < -0.39 is 0 Å². The maximum absolute atomic E-state index is 11.7. The van der Waals surface area contributed by atoms with Crippen LogP contribution in [0.15, 0.2) is 54.4 Å². The number of hydrogen-bond acceptors (Lipinski definition) is 4. The molecule has 1 radical (unpaired) electrons. The number of carbonyl (C=O) groups excluding carboxylic acids is 1. The van der Waals surface area contributed by atoms with Crippen molar-refractivity contribution in [1.29, 1.82) is 0 Å². The second-order valence-electron chi connectivity index (χ2n) is 10.7. The molecule has 0 aliphatic carbocycles. The summed E-state index contributed by atoms with van der Waals surface area (Å²) < 4.78 is 1.27. The molecule has 0 unspecified atom stereocenters. The molecule has 1 N–H and O–H groups in total. The zero-order valence-corrected chi connectivity index (χ0v) is 28.4. The summed E-state index contributed by atoms with van der Waals surface area (Å²) in [5.74, 6) is 1.01. The molecule has 0 saturated carbocycles. The van der Waals surface area contributed by atoms with E-state index in [2.05, 4.69) is 70.2 Å². The van der Waals surface area contributed by atoms with Gasteiger partial charge in [0.2, 0.25) is 0 Å². The first-order valence-electron chi connectivity index (χ1n) is 14.4. The number of carbonyl (C=O) groups is 1. The minimum absolute atomic E-state index is 0. The molecule has 0 saturated heterocycles. The molecule has 0 amide bonds. The number of fused-ring (bicyclic) bond motifs is 2. The predicted octanol–water partition coefficient (Wildman–Crippen LogP) is 10.5. The predicted molar refractivity (Wildman–Crippen MR) is 169 cm³/mol. The van der Waals surface area contributed by atoms with Crippen LogP contribution in [0, 0.1) is 31.7 Å². The minimum atomic E-state index is 0. The molecule has 0 fully saturated rings. The third-order valence-corrected chi connectivity index (χ3v) is 9.09. The molecule has 0 atom stereocenters. The number of thiophene rings is 1.